The first-order valence-electron chi connectivity index (χ1n) is 3.12. The first-order chi connectivity index (χ1) is 6.24. The number of rotatable bonds is 2. The number of aromatic amines is 2. The van der Waals surface area contributed by atoms with Gasteiger partial charge < -0.3 is 0 Å². The Balaban J connectivity index is 2.23. The summed E-state index contributed by atoms with van der Waals surface area (Å²) >= 11 is 12.1. The number of aromatic nitrogens is 4. The van der Waals surface area contributed by atoms with E-state index in [2.05, 4.69) is 20.4 Å². The van der Waals surface area contributed by atoms with Gasteiger partial charge in [0.25, 0.3) is 0 Å². The van der Waals surface area contributed by atoms with Gasteiger partial charge in [-0.3, -0.25) is 0 Å². The summed E-state index contributed by atoms with van der Waals surface area (Å²) in [4.78, 5) is 0. The van der Waals surface area contributed by atoms with E-state index in [1.165, 1.54) is 22.7 Å². The molecule has 2 aromatic heterocycles. The number of hydrogen-bond acceptors (Lipinski definition) is 6. The Bertz CT molecular complexity index is 460. The Kier molecular flexibility index (Phi) is 3.24. The van der Waals surface area contributed by atoms with Gasteiger partial charge in [0.15, 0.2) is 0 Å². The summed E-state index contributed by atoms with van der Waals surface area (Å²) in [5.41, 5.74) is 0. The second-order valence-corrected chi connectivity index (χ2v) is 10.8. The van der Waals surface area contributed by atoms with Crippen molar-refractivity contribution in [3.63, 3.8) is 0 Å². The molecule has 2 aromatic rings. The van der Waals surface area contributed by atoms with Crippen LogP contribution in [-0.4, -0.2) is 41.5 Å². The Morgan fingerprint density at radius 1 is 1.00 bits per heavy atom. The average Bonchev–Trinajstić information content (AvgIpc) is 2.62. The third-order valence-electron chi connectivity index (χ3n) is 1.09. The molecule has 0 bridgehead atoms. The quantitative estimate of drug-likeness (QED) is 0.605. The van der Waals surface area contributed by atoms with E-state index < -0.39 is 21.1 Å². The van der Waals surface area contributed by atoms with Crippen molar-refractivity contribution in [3.05, 3.63) is 7.91 Å². The zero-order valence-electron chi connectivity index (χ0n) is 6.03. The van der Waals surface area contributed by atoms with Crippen molar-refractivity contribution in [1.29, 1.82) is 0 Å². The SMILES string of the molecule is S=c1[nH]n[c]([Sn+2][c]2n[nH]c(=S)s2)s1. The van der Waals surface area contributed by atoms with Crippen molar-refractivity contribution < 1.29 is 0 Å². The van der Waals surface area contributed by atoms with Crippen LogP contribution in [0.25, 0.3) is 0 Å². The predicted octanol–water partition coefficient (Wildman–Crippen LogP) is 0.370. The normalized spacial score (nSPS) is 9.85. The topological polar surface area (TPSA) is 57.4 Å². The fourth-order valence-electron chi connectivity index (χ4n) is 0.658. The molecule has 4 nitrogen and oxygen atoms in total. The summed E-state index contributed by atoms with van der Waals surface area (Å²) in [6.07, 6.45) is 0. The summed E-state index contributed by atoms with van der Waals surface area (Å²) in [7, 11) is 0. The molecule has 0 spiro atoms. The first kappa shape index (κ1) is 9.90. The third kappa shape index (κ3) is 2.65. The maximum absolute atomic E-state index is 4.94. The minimum absolute atomic E-state index is 0.732. The summed E-state index contributed by atoms with van der Waals surface area (Å²) in [6, 6.07) is 0. The molecule has 0 saturated carbocycles. The van der Waals surface area contributed by atoms with E-state index in [1.54, 1.807) is 0 Å². The van der Waals surface area contributed by atoms with Gasteiger partial charge in [-0.15, -0.1) is 0 Å². The fraction of sp³-hybridized carbons (Fsp3) is 0. The molecule has 0 fully saturated rings. The summed E-state index contributed by atoms with van der Waals surface area (Å²) in [6.45, 7) is 0. The van der Waals surface area contributed by atoms with Gasteiger partial charge in [0, 0.05) is 0 Å². The standard InChI is InChI=1S/2C2HN2S2.Sn/c2*5-2-4-3-1-6-2;/h2*(H,4,5);/q;;+2. The minimum atomic E-state index is -0.857. The van der Waals surface area contributed by atoms with Crippen molar-refractivity contribution in [2.75, 3.05) is 0 Å². The van der Waals surface area contributed by atoms with Crippen LogP contribution in [0.3, 0.4) is 0 Å². The van der Waals surface area contributed by atoms with Crippen molar-refractivity contribution in [2.24, 2.45) is 0 Å². The third-order valence-corrected chi connectivity index (χ3v) is 7.87. The molecule has 0 aliphatic heterocycles. The van der Waals surface area contributed by atoms with E-state index >= 15 is 0 Å². The molecule has 0 aliphatic rings. The number of nitrogens with one attached hydrogen (secondary N) is 2. The molecule has 0 unspecified atom stereocenters. The average molecular weight is 353 g/mol. The molecule has 0 aromatic carbocycles. The molecule has 2 rings (SSSR count). The molecule has 13 heavy (non-hydrogen) atoms. The van der Waals surface area contributed by atoms with Gasteiger partial charge in [-0.2, -0.15) is 0 Å². The second kappa shape index (κ2) is 4.25. The van der Waals surface area contributed by atoms with Crippen molar-refractivity contribution in [3.8, 4) is 0 Å². The number of nitrogens with zero attached hydrogens (tertiary/aromatic N) is 2. The van der Waals surface area contributed by atoms with Gasteiger partial charge in [0.2, 0.25) is 0 Å². The Hall–Kier alpha value is 0.359. The summed E-state index contributed by atoms with van der Waals surface area (Å²) < 4.78 is 3.67. The molecule has 0 atom stereocenters. The van der Waals surface area contributed by atoms with E-state index in [0.29, 0.717) is 0 Å². The molecule has 2 N–H and O–H groups in total. The van der Waals surface area contributed by atoms with E-state index in [0.717, 1.165) is 14.0 Å². The van der Waals surface area contributed by atoms with Crippen LogP contribution in [0, 0.1) is 7.91 Å². The van der Waals surface area contributed by atoms with Gasteiger partial charge in [0.1, 0.15) is 0 Å². The number of hydrogen-bond donors (Lipinski definition) is 2. The Labute approximate surface area is 102 Å². The van der Waals surface area contributed by atoms with Gasteiger partial charge in [-0.1, -0.05) is 0 Å². The van der Waals surface area contributed by atoms with Crippen LogP contribution < -0.4 is 6.05 Å². The number of H-pyrrole nitrogens is 2. The molecule has 64 valence electrons. The zero-order chi connectivity index (χ0) is 9.26. The predicted molar refractivity (Wildman–Crippen MR) is 59.6 cm³/mol. The van der Waals surface area contributed by atoms with Crippen molar-refractivity contribution in [2.45, 2.75) is 0 Å². The molecule has 0 saturated heterocycles. The second-order valence-electron chi connectivity index (χ2n) is 1.96. The zero-order valence-corrected chi connectivity index (χ0v) is 12.1. The molecular weight excluding hydrogens is 351 g/mol. The fourth-order valence-corrected chi connectivity index (χ4v) is 8.82. The summed E-state index contributed by atoms with van der Waals surface area (Å²) in [5.74, 6) is 0. The molecule has 0 radical (unpaired) electrons. The molecule has 0 amide bonds. The van der Waals surface area contributed by atoms with E-state index in [-0.39, 0.29) is 0 Å². The molecule has 0 aliphatic carbocycles. The van der Waals surface area contributed by atoms with Gasteiger partial charge >= 0.3 is 103 Å². The van der Waals surface area contributed by atoms with Gasteiger partial charge in [-0.05, 0) is 0 Å². The maximum atomic E-state index is 4.94. The van der Waals surface area contributed by atoms with Crippen LogP contribution in [0.15, 0.2) is 0 Å². The van der Waals surface area contributed by atoms with Crippen LogP contribution in [-0.2, 0) is 0 Å². The van der Waals surface area contributed by atoms with Crippen LogP contribution >= 0.6 is 47.1 Å². The van der Waals surface area contributed by atoms with Crippen LogP contribution in [0.1, 0.15) is 0 Å². The van der Waals surface area contributed by atoms with E-state index in [1.807, 2.05) is 0 Å². The van der Waals surface area contributed by atoms with Crippen molar-refractivity contribution >= 4 is 74.3 Å². The van der Waals surface area contributed by atoms with Crippen LogP contribution in [0.5, 0.6) is 0 Å². The Morgan fingerprint density at radius 3 is 1.77 bits per heavy atom. The first-order valence-corrected chi connectivity index (χ1v) is 8.42. The Morgan fingerprint density at radius 2 is 1.46 bits per heavy atom. The monoisotopic (exact) mass is 354 g/mol. The molecule has 2 heterocycles. The van der Waals surface area contributed by atoms with Crippen molar-refractivity contribution in [1.82, 2.24) is 20.4 Å². The van der Waals surface area contributed by atoms with E-state index in [9.17, 15) is 0 Å². The molecule has 9 heteroatoms. The van der Waals surface area contributed by atoms with Crippen LogP contribution in [0.2, 0.25) is 0 Å². The van der Waals surface area contributed by atoms with Crippen LogP contribution in [0.4, 0.5) is 0 Å². The van der Waals surface area contributed by atoms with Gasteiger partial charge in [0.05, 0.1) is 0 Å². The summed E-state index contributed by atoms with van der Waals surface area (Å²) in [5, 5.41) is 13.7. The van der Waals surface area contributed by atoms with Gasteiger partial charge in [-0.25, -0.2) is 0 Å². The molecular formula is C4H2N4S4Sn+2. The van der Waals surface area contributed by atoms with E-state index in [4.69, 9.17) is 24.4 Å².